The van der Waals surface area contributed by atoms with Crippen LogP contribution in [-0.2, 0) is 11.3 Å². The van der Waals surface area contributed by atoms with Gasteiger partial charge in [-0.1, -0.05) is 6.07 Å². The van der Waals surface area contributed by atoms with E-state index in [1.54, 1.807) is 24.5 Å². The molecule has 1 amide bonds. The maximum absolute atomic E-state index is 12.5. The summed E-state index contributed by atoms with van der Waals surface area (Å²) in [5.41, 5.74) is 1.51. The van der Waals surface area contributed by atoms with Crippen molar-refractivity contribution in [2.24, 2.45) is 0 Å². The van der Waals surface area contributed by atoms with E-state index in [9.17, 15) is 4.79 Å². The number of morpholine rings is 1. The van der Waals surface area contributed by atoms with Crippen molar-refractivity contribution >= 4 is 23.5 Å². The van der Waals surface area contributed by atoms with Crippen molar-refractivity contribution in [3.63, 3.8) is 0 Å². The van der Waals surface area contributed by atoms with E-state index in [4.69, 9.17) is 9.47 Å². The lowest BCUT2D eigenvalue weighted by Crippen LogP contribution is -2.37. The van der Waals surface area contributed by atoms with Crippen LogP contribution in [0.3, 0.4) is 0 Å². The average Bonchev–Trinajstić information content (AvgIpc) is 3.26. The van der Waals surface area contributed by atoms with Gasteiger partial charge >= 0.3 is 0 Å². The Morgan fingerprint density at radius 3 is 2.93 bits per heavy atom. The average molecular weight is 401 g/mol. The molecule has 148 valence electrons. The van der Waals surface area contributed by atoms with Crippen LogP contribution in [0.1, 0.15) is 22.3 Å². The van der Waals surface area contributed by atoms with Crippen LogP contribution >= 0.6 is 11.8 Å². The summed E-state index contributed by atoms with van der Waals surface area (Å²) >= 11 is 1.89. The number of carbonyl (C=O) groups excluding carboxylic acids is 1. The Balaban J connectivity index is 1.35. The lowest BCUT2D eigenvalue weighted by molar-refractivity contribution is 0.0950. The molecule has 0 saturated carbocycles. The van der Waals surface area contributed by atoms with Gasteiger partial charge < -0.3 is 19.7 Å². The number of hydrogen-bond donors (Lipinski definition) is 1. The van der Waals surface area contributed by atoms with Gasteiger partial charge in [0, 0.05) is 49.4 Å². The lowest BCUT2D eigenvalue weighted by atomic mass is 10.2. The van der Waals surface area contributed by atoms with Gasteiger partial charge in [-0.3, -0.25) is 4.79 Å². The molecule has 4 heterocycles. The van der Waals surface area contributed by atoms with Gasteiger partial charge in [0.1, 0.15) is 11.9 Å². The third-order valence-electron chi connectivity index (χ3n) is 4.79. The highest BCUT2D eigenvalue weighted by molar-refractivity contribution is 7.99. The summed E-state index contributed by atoms with van der Waals surface area (Å²) in [5, 5.41) is 2.97. The number of aromatic nitrogens is 2. The number of nitrogens with zero attached hydrogens (tertiary/aromatic N) is 3. The van der Waals surface area contributed by atoms with Crippen molar-refractivity contribution in [3.8, 4) is 5.88 Å². The van der Waals surface area contributed by atoms with Crippen molar-refractivity contribution in [1.29, 1.82) is 0 Å². The molecule has 4 rings (SSSR count). The molecule has 0 spiro atoms. The molecule has 2 fully saturated rings. The summed E-state index contributed by atoms with van der Waals surface area (Å²) in [7, 11) is 0. The molecule has 0 aromatic carbocycles. The zero-order chi connectivity index (χ0) is 19.2. The third-order valence-corrected chi connectivity index (χ3v) is 5.92. The number of pyridine rings is 2. The highest BCUT2D eigenvalue weighted by Crippen LogP contribution is 2.22. The van der Waals surface area contributed by atoms with Crippen LogP contribution in [0.25, 0.3) is 0 Å². The van der Waals surface area contributed by atoms with E-state index in [0.717, 1.165) is 42.4 Å². The maximum atomic E-state index is 12.5. The van der Waals surface area contributed by atoms with E-state index in [2.05, 4.69) is 20.2 Å². The molecular formula is C20H24N4O3S. The number of hydrogen-bond acceptors (Lipinski definition) is 7. The van der Waals surface area contributed by atoms with Crippen molar-refractivity contribution in [2.45, 2.75) is 19.1 Å². The molecular weight excluding hydrogens is 376 g/mol. The molecule has 2 aliphatic rings. The molecule has 8 heteroatoms. The van der Waals surface area contributed by atoms with Crippen molar-refractivity contribution in [3.05, 3.63) is 47.8 Å². The first kappa shape index (κ1) is 19.0. The minimum atomic E-state index is -0.160. The fourth-order valence-corrected chi connectivity index (χ4v) is 4.36. The highest BCUT2D eigenvalue weighted by atomic mass is 32.2. The quantitative estimate of drug-likeness (QED) is 0.796. The zero-order valence-corrected chi connectivity index (χ0v) is 16.5. The summed E-state index contributed by atoms with van der Waals surface area (Å²) in [6.45, 7) is 3.42. The van der Waals surface area contributed by atoms with E-state index in [0.29, 0.717) is 31.2 Å². The lowest BCUT2D eigenvalue weighted by Gasteiger charge is -2.29. The number of carbonyl (C=O) groups is 1. The number of amides is 1. The number of ether oxygens (including phenoxy) is 2. The second-order valence-corrected chi connectivity index (χ2v) is 7.91. The molecule has 0 radical (unpaired) electrons. The number of nitrogens with one attached hydrogen (secondary N) is 1. The minimum absolute atomic E-state index is 0.160. The molecule has 7 nitrogen and oxygen atoms in total. The summed E-state index contributed by atoms with van der Waals surface area (Å²) in [6, 6.07) is 7.40. The van der Waals surface area contributed by atoms with Crippen molar-refractivity contribution < 1.29 is 14.3 Å². The topological polar surface area (TPSA) is 76.6 Å². The first-order valence-corrected chi connectivity index (χ1v) is 10.7. The SMILES string of the molecule is O=C(NCc1cccnc1N1CCOCC1)c1ccc(OC2CCSC2)nc1. The minimum Gasteiger partial charge on any atom is -0.473 e. The summed E-state index contributed by atoms with van der Waals surface area (Å²) in [4.78, 5) is 23.5. The first-order chi connectivity index (χ1) is 13.8. The highest BCUT2D eigenvalue weighted by Gasteiger charge is 2.18. The Morgan fingerprint density at radius 1 is 1.29 bits per heavy atom. The van der Waals surface area contributed by atoms with Gasteiger partial charge in [0.25, 0.3) is 5.91 Å². The van der Waals surface area contributed by atoms with E-state index >= 15 is 0 Å². The van der Waals surface area contributed by atoms with Crippen molar-refractivity contribution in [2.75, 3.05) is 42.7 Å². The van der Waals surface area contributed by atoms with Crippen LogP contribution in [-0.4, -0.2) is 59.8 Å². The van der Waals surface area contributed by atoms with Crippen LogP contribution in [0.4, 0.5) is 5.82 Å². The van der Waals surface area contributed by atoms with E-state index < -0.39 is 0 Å². The zero-order valence-electron chi connectivity index (χ0n) is 15.7. The smallest absolute Gasteiger partial charge is 0.253 e. The molecule has 28 heavy (non-hydrogen) atoms. The van der Waals surface area contributed by atoms with Gasteiger partial charge in [-0.05, 0) is 24.3 Å². The fraction of sp³-hybridized carbons (Fsp3) is 0.450. The summed E-state index contributed by atoms with van der Waals surface area (Å²) in [6.07, 6.45) is 4.62. The van der Waals surface area contributed by atoms with E-state index in [-0.39, 0.29) is 12.0 Å². The summed E-state index contributed by atoms with van der Waals surface area (Å²) in [5.74, 6) is 3.45. The van der Waals surface area contributed by atoms with Gasteiger partial charge in [0.05, 0.1) is 18.8 Å². The molecule has 1 N–H and O–H groups in total. The number of anilines is 1. The van der Waals surface area contributed by atoms with Crippen LogP contribution < -0.4 is 15.0 Å². The predicted octanol–water partition coefficient (Wildman–Crippen LogP) is 2.13. The maximum Gasteiger partial charge on any atom is 0.253 e. The van der Waals surface area contributed by atoms with Crippen LogP contribution in [0, 0.1) is 0 Å². The summed E-state index contributed by atoms with van der Waals surface area (Å²) < 4.78 is 11.2. The second kappa shape index (κ2) is 9.25. The van der Waals surface area contributed by atoms with E-state index in [1.807, 2.05) is 23.9 Å². The van der Waals surface area contributed by atoms with Gasteiger partial charge in [0.15, 0.2) is 0 Å². The molecule has 2 aromatic heterocycles. The Hall–Kier alpha value is -2.32. The normalized spacial score (nSPS) is 19.4. The predicted molar refractivity (Wildman–Crippen MR) is 109 cm³/mol. The molecule has 2 aliphatic heterocycles. The van der Waals surface area contributed by atoms with Gasteiger partial charge in [-0.2, -0.15) is 11.8 Å². The fourth-order valence-electron chi connectivity index (χ4n) is 3.27. The molecule has 1 unspecified atom stereocenters. The van der Waals surface area contributed by atoms with Crippen molar-refractivity contribution in [1.82, 2.24) is 15.3 Å². The molecule has 0 bridgehead atoms. The monoisotopic (exact) mass is 400 g/mol. The van der Waals surface area contributed by atoms with Crippen LogP contribution in [0.5, 0.6) is 5.88 Å². The third kappa shape index (κ3) is 4.74. The largest absolute Gasteiger partial charge is 0.473 e. The Bertz CT molecular complexity index is 790. The molecule has 2 saturated heterocycles. The van der Waals surface area contributed by atoms with Crippen LogP contribution in [0.2, 0.25) is 0 Å². The molecule has 2 aromatic rings. The number of rotatable bonds is 6. The second-order valence-electron chi connectivity index (χ2n) is 6.76. The standard InChI is InChI=1S/C20H24N4O3S/c25-20(16-3-4-18(22-13-16)27-17-5-11-28-14-17)23-12-15-2-1-6-21-19(15)24-7-9-26-10-8-24/h1-4,6,13,17H,5,7-12,14H2,(H,23,25). The Kier molecular flexibility index (Phi) is 6.28. The first-order valence-electron chi connectivity index (χ1n) is 9.55. The van der Waals surface area contributed by atoms with Gasteiger partial charge in [-0.25, -0.2) is 9.97 Å². The number of thioether (sulfide) groups is 1. The Morgan fingerprint density at radius 2 is 2.18 bits per heavy atom. The van der Waals surface area contributed by atoms with Crippen LogP contribution in [0.15, 0.2) is 36.7 Å². The molecule has 1 atom stereocenters. The Labute approximate surface area is 168 Å². The van der Waals surface area contributed by atoms with E-state index in [1.165, 1.54) is 0 Å². The van der Waals surface area contributed by atoms with Gasteiger partial charge in [-0.15, -0.1) is 0 Å². The van der Waals surface area contributed by atoms with Gasteiger partial charge in [0.2, 0.25) is 5.88 Å². The molecule has 0 aliphatic carbocycles.